The molecule has 2 amide bonds. The fraction of sp³-hybridized carbons (Fsp3) is 0.296. The minimum Gasteiger partial charge on any atom is -0.353 e. The molecule has 0 aliphatic carbocycles. The first-order chi connectivity index (χ1) is 15.9. The average molecular weight is 446 g/mol. The van der Waals surface area contributed by atoms with Crippen molar-refractivity contribution < 1.29 is 14.0 Å². The number of benzene rings is 2. The van der Waals surface area contributed by atoms with E-state index in [-0.39, 0.29) is 30.0 Å². The Morgan fingerprint density at radius 2 is 1.82 bits per heavy atom. The minimum atomic E-state index is -0.776. The molecule has 0 saturated carbocycles. The number of nitrogens with zero attached hydrogens (tertiary/aromatic N) is 2. The topological polar surface area (TPSA) is 62.3 Å². The Balaban J connectivity index is 1.62. The lowest BCUT2D eigenvalue weighted by Gasteiger charge is -2.29. The monoisotopic (exact) mass is 445 g/mol. The Labute approximate surface area is 193 Å². The van der Waals surface area contributed by atoms with Crippen LogP contribution in [0, 0.1) is 11.2 Å². The number of amides is 2. The summed E-state index contributed by atoms with van der Waals surface area (Å²) in [7, 11) is 0. The number of halogens is 1. The highest BCUT2D eigenvalue weighted by molar-refractivity contribution is 5.95. The van der Waals surface area contributed by atoms with E-state index < -0.39 is 11.2 Å². The highest BCUT2D eigenvalue weighted by Crippen LogP contribution is 2.36. The van der Waals surface area contributed by atoms with Crippen LogP contribution in [0.4, 0.5) is 4.39 Å². The molecule has 0 spiro atoms. The molecule has 1 aliphatic rings. The van der Waals surface area contributed by atoms with Gasteiger partial charge in [-0.15, -0.1) is 0 Å². The third-order valence-electron chi connectivity index (χ3n) is 6.13. The quantitative estimate of drug-likeness (QED) is 0.608. The maximum absolute atomic E-state index is 14.2. The molecule has 5 nitrogen and oxygen atoms in total. The maximum atomic E-state index is 14.2. The van der Waals surface area contributed by atoms with Gasteiger partial charge < -0.3 is 10.2 Å². The van der Waals surface area contributed by atoms with E-state index in [2.05, 4.69) is 16.4 Å². The van der Waals surface area contributed by atoms with Gasteiger partial charge in [0.2, 0.25) is 5.91 Å². The Kier molecular flexibility index (Phi) is 6.54. The van der Waals surface area contributed by atoms with Crippen molar-refractivity contribution in [1.29, 1.82) is 0 Å². The molecule has 3 aromatic rings. The normalized spacial score (nSPS) is 17.9. The Bertz CT molecular complexity index is 1150. The third-order valence-corrected chi connectivity index (χ3v) is 6.13. The Morgan fingerprint density at radius 3 is 2.55 bits per heavy atom. The number of rotatable bonds is 6. The lowest BCUT2D eigenvalue weighted by Crippen LogP contribution is -2.47. The van der Waals surface area contributed by atoms with E-state index in [1.54, 1.807) is 29.4 Å². The number of carbonyl (C=O) groups excluding carboxylic acids is 2. The molecule has 1 fully saturated rings. The molecule has 4 rings (SSSR count). The van der Waals surface area contributed by atoms with Gasteiger partial charge in [0.25, 0.3) is 5.91 Å². The van der Waals surface area contributed by atoms with Gasteiger partial charge in [0.15, 0.2) is 0 Å². The summed E-state index contributed by atoms with van der Waals surface area (Å²) in [6.07, 6.45) is 4.52. The lowest BCUT2D eigenvalue weighted by molar-refractivity contribution is -0.130. The van der Waals surface area contributed by atoms with Gasteiger partial charge in [0.1, 0.15) is 5.82 Å². The van der Waals surface area contributed by atoms with Crippen molar-refractivity contribution in [3.05, 3.63) is 90.0 Å². The molecule has 1 N–H and O–H groups in total. The summed E-state index contributed by atoms with van der Waals surface area (Å²) in [5, 5.41) is 3.04. The van der Waals surface area contributed by atoms with Gasteiger partial charge in [-0.1, -0.05) is 36.4 Å². The van der Waals surface area contributed by atoms with Gasteiger partial charge >= 0.3 is 0 Å². The summed E-state index contributed by atoms with van der Waals surface area (Å²) < 4.78 is 14.2. The van der Waals surface area contributed by atoms with E-state index in [0.29, 0.717) is 19.4 Å². The molecule has 1 aliphatic heterocycles. The highest BCUT2D eigenvalue weighted by atomic mass is 19.1. The number of carbonyl (C=O) groups is 2. The summed E-state index contributed by atoms with van der Waals surface area (Å²) in [4.78, 5) is 32.1. The van der Waals surface area contributed by atoms with Crippen LogP contribution in [-0.2, 0) is 11.2 Å². The van der Waals surface area contributed by atoms with Gasteiger partial charge in [0.05, 0.1) is 11.0 Å². The maximum Gasteiger partial charge on any atom is 0.256 e. The summed E-state index contributed by atoms with van der Waals surface area (Å²) in [5.41, 5.74) is 2.38. The predicted molar refractivity (Wildman–Crippen MR) is 126 cm³/mol. The number of hydrogen-bond acceptors (Lipinski definition) is 3. The molecule has 0 radical (unpaired) electrons. The zero-order valence-electron chi connectivity index (χ0n) is 18.9. The number of hydrogen-bond donors (Lipinski definition) is 1. The van der Waals surface area contributed by atoms with Gasteiger partial charge in [-0.25, -0.2) is 4.39 Å². The lowest BCUT2D eigenvalue weighted by atomic mass is 9.79. The molecule has 1 unspecified atom stereocenters. The largest absolute Gasteiger partial charge is 0.353 e. The number of pyridine rings is 1. The van der Waals surface area contributed by atoms with Gasteiger partial charge in [-0.2, -0.15) is 0 Å². The molecule has 6 heteroatoms. The van der Waals surface area contributed by atoms with Crippen LogP contribution in [0.5, 0.6) is 0 Å². The van der Waals surface area contributed by atoms with Crippen molar-refractivity contribution in [1.82, 2.24) is 15.2 Å². The smallest absolute Gasteiger partial charge is 0.256 e. The molecule has 1 aromatic heterocycles. The van der Waals surface area contributed by atoms with Crippen LogP contribution >= 0.6 is 0 Å². The van der Waals surface area contributed by atoms with Crippen LogP contribution < -0.4 is 5.32 Å². The fourth-order valence-corrected chi connectivity index (χ4v) is 4.47. The highest BCUT2D eigenvalue weighted by Gasteiger charge is 2.46. The molecule has 1 saturated heterocycles. The zero-order chi connectivity index (χ0) is 23.4. The van der Waals surface area contributed by atoms with E-state index in [9.17, 15) is 14.0 Å². The van der Waals surface area contributed by atoms with E-state index in [0.717, 1.165) is 16.7 Å². The molecular weight excluding hydrogens is 417 g/mol. The summed E-state index contributed by atoms with van der Waals surface area (Å²) in [6.45, 7) is 4.50. The summed E-state index contributed by atoms with van der Waals surface area (Å²) >= 11 is 0. The Hall–Kier alpha value is -3.54. The fourth-order valence-electron chi connectivity index (χ4n) is 4.47. The molecule has 2 aromatic carbocycles. The van der Waals surface area contributed by atoms with Crippen LogP contribution in [-0.4, -0.2) is 40.8 Å². The molecule has 1 atom stereocenters. The van der Waals surface area contributed by atoms with Crippen molar-refractivity contribution in [3.63, 3.8) is 0 Å². The van der Waals surface area contributed by atoms with Crippen molar-refractivity contribution in [2.75, 3.05) is 13.1 Å². The first kappa shape index (κ1) is 22.6. The minimum absolute atomic E-state index is 0.0196. The van der Waals surface area contributed by atoms with Crippen molar-refractivity contribution in [3.8, 4) is 11.1 Å². The van der Waals surface area contributed by atoms with E-state index >= 15 is 0 Å². The molecular formula is C27H28FN3O2. The molecule has 170 valence electrons. The third kappa shape index (κ3) is 4.95. The first-order valence-corrected chi connectivity index (χ1v) is 11.2. The van der Waals surface area contributed by atoms with Gasteiger partial charge in [0, 0.05) is 31.5 Å². The van der Waals surface area contributed by atoms with Crippen LogP contribution in [0.1, 0.15) is 36.2 Å². The Morgan fingerprint density at radius 1 is 1.06 bits per heavy atom. The summed E-state index contributed by atoms with van der Waals surface area (Å²) in [6, 6.07) is 18.0. The van der Waals surface area contributed by atoms with Crippen LogP contribution in [0.3, 0.4) is 0 Å². The average Bonchev–Trinajstić information content (AvgIpc) is 3.25. The first-order valence-electron chi connectivity index (χ1n) is 11.2. The number of nitrogens with one attached hydrogen (secondary N) is 1. The zero-order valence-corrected chi connectivity index (χ0v) is 18.9. The predicted octanol–water partition coefficient (Wildman–Crippen LogP) is 4.49. The van der Waals surface area contributed by atoms with Crippen LogP contribution in [0.25, 0.3) is 11.1 Å². The molecule has 33 heavy (non-hydrogen) atoms. The van der Waals surface area contributed by atoms with Crippen LogP contribution in [0.15, 0.2) is 73.1 Å². The van der Waals surface area contributed by atoms with Gasteiger partial charge in [-0.05, 0) is 67.6 Å². The number of likely N-dealkylation sites (tertiary alicyclic amines) is 1. The second kappa shape index (κ2) is 9.53. The second-order valence-corrected chi connectivity index (χ2v) is 8.98. The SMILES string of the molecule is CC(C)NC(=O)C1(Cc2cccc(-c3ccncc3)c2)CCN(C(=O)c2ccccc2F)C1. The van der Waals surface area contributed by atoms with Gasteiger partial charge in [-0.3, -0.25) is 14.6 Å². The van der Waals surface area contributed by atoms with E-state index in [4.69, 9.17) is 0 Å². The second-order valence-electron chi connectivity index (χ2n) is 8.98. The number of aromatic nitrogens is 1. The van der Waals surface area contributed by atoms with Crippen molar-refractivity contribution in [2.45, 2.75) is 32.7 Å². The summed E-state index contributed by atoms with van der Waals surface area (Å²) in [5.74, 6) is -0.995. The molecule has 0 bridgehead atoms. The van der Waals surface area contributed by atoms with E-state index in [1.807, 2.05) is 44.2 Å². The van der Waals surface area contributed by atoms with Crippen LogP contribution in [0.2, 0.25) is 0 Å². The van der Waals surface area contributed by atoms with E-state index in [1.165, 1.54) is 12.1 Å². The van der Waals surface area contributed by atoms with Crippen molar-refractivity contribution in [2.24, 2.45) is 5.41 Å². The van der Waals surface area contributed by atoms with Crippen molar-refractivity contribution >= 4 is 11.8 Å². The molecule has 2 heterocycles. The standard InChI is InChI=1S/C27H28FN3O2/c1-19(2)30-26(33)27(12-15-31(18-27)25(32)23-8-3-4-9-24(23)28)17-20-6-5-7-22(16-20)21-10-13-29-14-11-21/h3-11,13-14,16,19H,12,15,17-18H2,1-2H3,(H,30,33).